The standard InChI is InChI=1S/C13H13N3O4S/c14-11-5-1-2-6-12(11)16(9-13(17)18)21(19,20)10-4-3-7-15-8-10/h1-8H,9,14H2,(H,17,18). The van der Waals surface area contributed by atoms with Crippen LogP contribution in [-0.4, -0.2) is 31.0 Å². The molecular weight excluding hydrogens is 294 g/mol. The van der Waals surface area contributed by atoms with Crippen molar-refractivity contribution in [3.8, 4) is 0 Å². The summed E-state index contributed by atoms with van der Waals surface area (Å²) >= 11 is 0. The third-order valence-electron chi connectivity index (χ3n) is 2.71. The molecule has 110 valence electrons. The highest BCUT2D eigenvalue weighted by Gasteiger charge is 2.28. The molecule has 0 aliphatic carbocycles. The molecule has 0 bridgehead atoms. The van der Waals surface area contributed by atoms with Crippen molar-refractivity contribution < 1.29 is 18.3 Å². The van der Waals surface area contributed by atoms with Gasteiger partial charge in [-0.25, -0.2) is 8.42 Å². The number of nitrogens with zero attached hydrogens (tertiary/aromatic N) is 2. The quantitative estimate of drug-likeness (QED) is 0.795. The van der Waals surface area contributed by atoms with Gasteiger partial charge in [0.15, 0.2) is 0 Å². The Morgan fingerprint density at radius 3 is 2.52 bits per heavy atom. The molecule has 8 heteroatoms. The molecule has 21 heavy (non-hydrogen) atoms. The van der Waals surface area contributed by atoms with Crippen molar-refractivity contribution >= 4 is 27.4 Å². The van der Waals surface area contributed by atoms with Gasteiger partial charge >= 0.3 is 5.97 Å². The molecule has 0 fully saturated rings. The molecule has 3 N–H and O–H groups in total. The molecule has 7 nitrogen and oxygen atoms in total. The van der Waals surface area contributed by atoms with Gasteiger partial charge in [0.1, 0.15) is 11.4 Å². The van der Waals surface area contributed by atoms with Crippen molar-refractivity contribution in [1.82, 2.24) is 4.98 Å². The van der Waals surface area contributed by atoms with Gasteiger partial charge in [-0.2, -0.15) is 0 Å². The number of aliphatic carboxylic acids is 1. The topological polar surface area (TPSA) is 114 Å². The molecule has 1 aromatic carbocycles. The number of rotatable bonds is 5. The van der Waals surface area contributed by atoms with Crippen LogP contribution in [0.2, 0.25) is 0 Å². The lowest BCUT2D eigenvalue weighted by Crippen LogP contribution is -2.36. The maximum atomic E-state index is 12.6. The number of nitrogen functional groups attached to an aromatic ring is 1. The van der Waals surface area contributed by atoms with E-state index in [2.05, 4.69) is 4.98 Å². The molecule has 0 radical (unpaired) electrons. The van der Waals surface area contributed by atoms with E-state index in [4.69, 9.17) is 10.8 Å². The largest absolute Gasteiger partial charge is 0.480 e. The predicted octanol–water partition coefficient (Wildman–Crippen LogP) is 0.944. The van der Waals surface area contributed by atoms with Gasteiger partial charge < -0.3 is 10.8 Å². The molecule has 1 aromatic heterocycles. The second-order valence-corrected chi connectivity index (χ2v) is 6.02. The Balaban J connectivity index is 2.56. The SMILES string of the molecule is Nc1ccccc1N(CC(=O)O)S(=O)(=O)c1cccnc1. The van der Waals surface area contributed by atoms with Crippen molar-refractivity contribution in [3.05, 3.63) is 48.8 Å². The number of carboxylic acids is 1. The summed E-state index contributed by atoms with van der Waals surface area (Å²) in [4.78, 5) is 14.7. The summed E-state index contributed by atoms with van der Waals surface area (Å²) in [6.45, 7) is -0.731. The van der Waals surface area contributed by atoms with Crippen LogP contribution < -0.4 is 10.0 Å². The lowest BCUT2D eigenvalue weighted by atomic mass is 10.3. The first kappa shape index (κ1) is 14.8. The smallest absolute Gasteiger partial charge is 0.324 e. The number of benzene rings is 1. The van der Waals surface area contributed by atoms with Gasteiger partial charge in [0, 0.05) is 12.4 Å². The molecule has 1 heterocycles. The summed E-state index contributed by atoms with van der Waals surface area (Å²) in [6, 6.07) is 8.97. The number of anilines is 2. The van der Waals surface area contributed by atoms with Crippen LogP contribution >= 0.6 is 0 Å². The number of carbonyl (C=O) groups is 1. The van der Waals surface area contributed by atoms with E-state index >= 15 is 0 Å². The maximum Gasteiger partial charge on any atom is 0.324 e. The summed E-state index contributed by atoms with van der Waals surface area (Å²) < 4.78 is 25.9. The van der Waals surface area contributed by atoms with Crippen LogP contribution in [0.1, 0.15) is 0 Å². The van der Waals surface area contributed by atoms with Crippen LogP contribution in [0.15, 0.2) is 53.7 Å². The number of para-hydroxylation sites is 2. The first-order valence-corrected chi connectivity index (χ1v) is 7.36. The Morgan fingerprint density at radius 2 is 1.95 bits per heavy atom. The fraction of sp³-hybridized carbons (Fsp3) is 0.0769. The second-order valence-electron chi connectivity index (χ2n) is 4.15. The van der Waals surface area contributed by atoms with Crippen LogP contribution in [-0.2, 0) is 14.8 Å². The van der Waals surface area contributed by atoms with E-state index in [1.165, 1.54) is 30.5 Å². The number of hydrogen-bond acceptors (Lipinski definition) is 5. The van der Waals surface area contributed by atoms with Crippen molar-refractivity contribution in [2.75, 3.05) is 16.6 Å². The lowest BCUT2D eigenvalue weighted by Gasteiger charge is -2.23. The van der Waals surface area contributed by atoms with Crippen molar-refractivity contribution in [2.45, 2.75) is 4.90 Å². The second kappa shape index (κ2) is 5.80. The van der Waals surface area contributed by atoms with Gasteiger partial charge in [0.2, 0.25) is 0 Å². The number of pyridine rings is 1. The van der Waals surface area contributed by atoms with Crippen LogP contribution in [0.25, 0.3) is 0 Å². The van der Waals surface area contributed by atoms with Gasteiger partial charge in [-0.05, 0) is 24.3 Å². The molecule has 0 aliphatic rings. The first-order valence-electron chi connectivity index (χ1n) is 5.92. The van der Waals surface area contributed by atoms with E-state index in [-0.39, 0.29) is 16.3 Å². The average molecular weight is 307 g/mol. The number of carboxylic acid groups (broad SMARTS) is 1. The highest BCUT2D eigenvalue weighted by atomic mass is 32.2. The molecule has 0 aliphatic heterocycles. The van der Waals surface area contributed by atoms with Crippen LogP contribution in [0.3, 0.4) is 0 Å². The number of sulfonamides is 1. The Morgan fingerprint density at radius 1 is 1.24 bits per heavy atom. The van der Waals surface area contributed by atoms with Gasteiger partial charge in [0.25, 0.3) is 10.0 Å². The molecule has 2 rings (SSSR count). The highest BCUT2D eigenvalue weighted by molar-refractivity contribution is 7.92. The van der Waals surface area contributed by atoms with Crippen LogP contribution in [0, 0.1) is 0 Å². The van der Waals surface area contributed by atoms with E-state index < -0.39 is 22.5 Å². The highest BCUT2D eigenvalue weighted by Crippen LogP contribution is 2.28. The summed E-state index contributed by atoms with van der Waals surface area (Å²) in [7, 11) is -4.06. The monoisotopic (exact) mass is 307 g/mol. The van der Waals surface area contributed by atoms with Crippen molar-refractivity contribution in [2.24, 2.45) is 0 Å². The summed E-state index contributed by atoms with van der Waals surface area (Å²) in [5.74, 6) is -1.29. The minimum atomic E-state index is -4.06. The van der Waals surface area contributed by atoms with Gasteiger partial charge in [-0.15, -0.1) is 0 Å². The zero-order valence-electron chi connectivity index (χ0n) is 10.9. The van der Waals surface area contributed by atoms with Crippen molar-refractivity contribution in [3.63, 3.8) is 0 Å². The molecule has 0 amide bonds. The summed E-state index contributed by atoms with van der Waals surface area (Å²) in [5.41, 5.74) is 6.04. The minimum Gasteiger partial charge on any atom is -0.480 e. The van der Waals surface area contributed by atoms with Crippen LogP contribution in [0.4, 0.5) is 11.4 Å². The molecule has 2 aromatic rings. The van der Waals surface area contributed by atoms with Gasteiger partial charge in [-0.1, -0.05) is 12.1 Å². The Hall–Kier alpha value is -2.61. The maximum absolute atomic E-state index is 12.6. The van der Waals surface area contributed by atoms with Gasteiger partial charge in [-0.3, -0.25) is 14.1 Å². The molecule has 0 saturated carbocycles. The summed E-state index contributed by atoms with van der Waals surface area (Å²) in [6.07, 6.45) is 2.58. The summed E-state index contributed by atoms with van der Waals surface area (Å²) in [5, 5.41) is 8.98. The predicted molar refractivity (Wildman–Crippen MR) is 77.3 cm³/mol. The van der Waals surface area contributed by atoms with E-state index in [1.54, 1.807) is 12.1 Å². The lowest BCUT2D eigenvalue weighted by molar-refractivity contribution is -0.135. The fourth-order valence-electron chi connectivity index (χ4n) is 1.76. The molecular formula is C13H13N3O4S. The average Bonchev–Trinajstić information content (AvgIpc) is 2.46. The van der Waals surface area contributed by atoms with E-state index in [0.29, 0.717) is 0 Å². The molecule has 0 unspecified atom stereocenters. The number of nitrogens with two attached hydrogens (primary N) is 1. The third kappa shape index (κ3) is 3.11. The minimum absolute atomic E-state index is 0.102. The number of hydrogen-bond donors (Lipinski definition) is 2. The number of aromatic nitrogens is 1. The van der Waals surface area contributed by atoms with Crippen molar-refractivity contribution in [1.29, 1.82) is 0 Å². The zero-order valence-corrected chi connectivity index (χ0v) is 11.7. The Bertz CT molecular complexity index is 747. The zero-order chi connectivity index (χ0) is 15.5. The van der Waals surface area contributed by atoms with E-state index in [0.717, 1.165) is 10.5 Å². The Kier molecular flexibility index (Phi) is 4.08. The molecule has 0 spiro atoms. The van der Waals surface area contributed by atoms with E-state index in [9.17, 15) is 13.2 Å². The normalized spacial score (nSPS) is 11.0. The third-order valence-corrected chi connectivity index (χ3v) is 4.45. The first-order chi connectivity index (χ1) is 9.93. The molecule has 0 saturated heterocycles. The van der Waals surface area contributed by atoms with E-state index in [1.807, 2.05) is 0 Å². The fourth-order valence-corrected chi connectivity index (χ4v) is 3.17. The van der Waals surface area contributed by atoms with Crippen LogP contribution in [0.5, 0.6) is 0 Å². The van der Waals surface area contributed by atoms with Gasteiger partial charge in [0.05, 0.1) is 11.4 Å². The Labute approximate surface area is 121 Å². The molecule has 0 atom stereocenters.